The molecule has 2 aromatic carbocycles. The molecule has 2 aromatic rings. The molecule has 0 radical (unpaired) electrons. The van der Waals surface area contributed by atoms with Gasteiger partial charge in [-0.15, -0.1) is 0 Å². The van der Waals surface area contributed by atoms with Crippen molar-refractivity contribution in [2.45, 2.75) is 43.9 Å². The normalized spacial score (nSPS) is 20.7. The molecule has 2 heterocycles. The first kappa shape index (κ1) is 22.1. The molecule has 0 aromatic heterocycles. The first-order valence-electron chi connectivity index (χ1n) is 10.7. The average Bonchev–Trinajstić information content (AvgIpc) is 3.18. The summed E-state index contributed by atoms with van der Waals surface area (Å²) in [6, 6.07) is 12.1. The summed E-state index contributed by atoms with van der Waals surface area (Å²) in [6.45, 7) is 3.27. The standard InChI is InChI=1S/C24H28ClFN2O3/c1-30-22-5-3-2-4-18(22)16-28-12-10-24(11-13-28)9-8-19(31-24)15-27-23(29)17-6-7-21(26)20(25)14-17/h2-7,14,19H,8-13,15-16H2,1H3,(H,27,29). The van der Waals surface area contributed by atoms with E-state index in [2.05, 4.69) is 16.3 Å². The number of carbonyl (C=O) groups is 1. The second kappa shape index (κ2) is 9.55. The summed E-state index contributed by atoms with van der Waals surface area (Å²) in [4.78, 5) is 14.8. The maximum atomic E-state index is 13.3. The van der Waals surface area contributed by atoms with Gasteiger partial charge in [-0.1, -0.05) is 29.8 Å². The smallest absolute Gasteiger partial charge is 0.251 e. The number of hydrogen-bond donors (Lipinski definition) is 1. The van der Waals surface area contributed by atoms with Crippen molar-refractivity contribution in [3.8, 4) is 5.75 Å². The molecule has 7 heteroatoms. The third-order valence-corrected chi connectivity index (χ3v) is 6.65. The fourth-order valence-corrected chi connectivity index (χ4v) is 4.73. The highest BCUT2D eigenvalue weighted by molar-refractivity contribution is 6.31. The molecule has 1 atom stereocenters. The van der Waals surface area contributed by atoms with E-state index in [4.69, 9.17) is 21.1 Å². The Kier molecular flexibility index (Phi) is 6.80. The zero-order chi connectivity index (χ0) is 21.8. The molecule has 0 aliphatic carbocycles. The van der Waals surface area contributed by atoms with E-state index in [-0.39, 0.29) is 22.6 Å². The molecule has 1 spiro atoms. The van der Waals surface area contributed by atoms with Gasteiger partial charge in [-0.3, -0.25) is 9.69 Å². The first-order chi connectivity index (χ1) is 15.0. The van der Waals surface area contributed by atoms with E-state index in [0.29, 0.717) is 12.1 Å². The summed E-state index contributed by atoms with van der Waals surface area (Å²) in [7, 11) is 1.71. The molecule has 0 bridgehead atoms. The van der Waals surface area contributed by atoms with Gasteiger partial charge in [0.1, 0.15) is 11.6 Å². The molecule has 2 aliphatic rings. The minimum atomic E-state index is -0.531. The number of ether oxygens (including phenoxy) is 2. The van der Waals surface area contributed by atoms with Crippen LogP contribution in [-0.4, -0.2) is 49.3 Å². The van der Waals surface area contributed by atoms with Crippen LogP contribution in [0.5, 0.6) is 5.75 Å². The predicted octanol–water partition coefficient (Wildman–Crippen LogP) is 4.43. The fourth-order valence-electron chi connectivity index (χ4n) is 4.55. The van der Waals surface area contributed by atoms with E-state index in [1.165, 1.54) is 23.8 Å². The van der Waals surface area contributed by atoms with Crippen LogP contribution in [0, 0.1) is 5.82 Å². The van der Waals surface area contributed by atoms with Gasteiger partial charge in [0.15, 0.2) is 0 Å². The number of rotatable bonds is 6. The second-order valence-electron chi connectivity index (χ2n) is 8.39. The fraction of sp³-hybridized carbons (Fsp3) is 0.458. The van der Waals surface area contributed by atoms with E-state index in [1.807, 2.05) is 18.2 Å². The SMILES string of the molecule is COc1ccccc1CN1CCC2(CCC(CNC(=O)c3ccc(F)c(Cl)c3)O2)CC1. The van der Waals surface area contributed by atoms with Crippen LogP contribution in [0.15, 0.2) is 42.5 Å². The molecule has 2 fully saturated rings. The van der Waals surface area contributed by atoms with Crippen LogP contribution >= 0.6 is 11.6 Å². The number of piperidine rings is 1. The Bertz CT molecular complexity index is 931. The number of methoxy groups -OCH3 is 1. The Morgan fingerprint density at radius 2 is 2.03 bits per heavy atom. The first-order valence-corrected chi connectivity index (χ1v) is 11.1. The molecule has 1 N–H and O–H groups in total. The number of likely N-dealkylation sites (tertiary alicyclic amines) is 1. The van der Waals surface area contributed by atoms with Crippen molar-refractivity contribution >= 4 is 17.5 Å². The van der Waals surface area contributed by atoms with Crippen molar-refractivity contribution < 1.29 is 18.7 Å². The Morgan fingerprint density at radius 1 is 1.26 bits per heavy atom. The number of amides is 1. The lowest BCUT2D eigenvalue weighted by atomic mass is 9.88. The maximum Gasteiger partial charge on any atom is 0.251 e. The number of carbonyl (C=O) groups excluding carboxylic acids is 1. The van der Waals surface area contributed by atoms with Gasteiger partial charge in [0.2, 0.25) is 0 Å². The van der Waals surface area contributed by atoms with Gasteiger partial charge < -0.3 is 14.8 Å². The van der Waals surface area contributed by atoms with Gasteiger partial charge in [0.05, 0.1) is 23.8 Å². The third kappa shape index (κ3) is 5.20. The van der Waals surface area contributed by atoms with E-state index < -0.39 is 5.82 Å². The van der Waals surface area contributed by atoms with Gasteiger partial charge in [-0.2, -0.15) is 0 Å². The van der Waals surface area contributed by atoms with E-state index in [9.17, 15) is 9.18 Å². The summed E-state index contributed by atoms with van der Waals surface area (Å²) in [5, 5.41) is 2.84. The third-order valence-electron chi connectivity index (χ3n) is 6.36. The Morgan fingerprint density at radius 3 is 2.77 bits per heavy atom. The quantitative estimate of drug-likeness (QED) is 0.713. The summed E-state index contributed by atoms with van der Waals surface area (Å²) in [5.41, 5.74) is 1.46. The monoisotopic (exact) mass is 446 g/mol. The predicted molar refractivity (Wildman–Crippen MR) is 118 cm³/mol. The molecule has 1 amide bonds. The van der Waals surface area contributed by atoms with Crippen molar-refractivity contribution in [1.82, 2.24) is 10.2 Å². The Balaban J connectivity index is 1.25. The molecule has 5 nitrogen and oxygen atoms in total. The molecule has 166 valence electrons. The maximum absolute atomic E-state index is 13.3. The summed E-state index contributed by atoms with van der Waals surface area (Å²) in [5.74, 6) is 0.132. The van der Waals surface area contributed by atoms with Crippen molar-refractivity contribution in [2.75, 3.05) is 26.7 Å². The zero-order valence-corrected chi connectivity index (χ0v) is 18.5. The van der Waals surface area contributed by atoms with Gasteiger partial charge >= 0.3 is 0 Å². The largest absolute Gasteiger partial charge is 0.496 e. The van der Waals surface area contributed by atoms with Gasteiger partial charge in [0, 0.05) is 37.3 Å². The van der Waals surface area contributed by atoms with Gasteiger partial charge in [-0.25, -0.2) is 4.39 Å². The highest BCUT2D eigenvalue weighted by Gasteiger charge is 2.42. The highest BCUT2D eigenvalue weighted by atomic mass is 35.5. The summed E-state index contributed by atoms with van der Waals surface area (Å²) < 4.78 is 25.2. The molecule has 2 aliphatic heterocycles. The van der Waals surface area contributed by atoms with Crippen molar-refractivity contribution in [1.29, 1.82) is 0 Å². The molecular formula is C24H28ClFN2O3. The molecule has 2 saturated heterocycles. The highest BCUT2D eigenvalue weighted by Crippen LogP contribution is 2.39. The number of nitrogens with zero attached hydrogens (tertiary/aromatic N) is 1. The Hall–Kier alpha value is -2.15. The van der Waals surface area contributed by atoms with Crippen LogP contribution in [0.1, 0.15) is 41.6 Å². The van der Waals surface area contributed by atoms with Crippen LogP contribution < -0.4 is 10.1 Å². The molecule has 31 heavy (non-hydrogen) atoms. The lowest BCUT2D eigenvalue weighted by Crippen LogP contribution is -2.44. The summed E-state index contributed by atoms with van der Waals surface area (Å²) >= 11 is 5.77. The van der Waals surface area contributed by atoms with E-state index in [1.54, 1.807) is 7.11 Å². The summed E-state index contributed by atoms with van der Waals surface area (Å²) in [6.07, 6.45) is 3.91. The van der Waals surface area contributed by atoms with Crippen LogP contribution in [-0.2, 0) is 11.3 Å². The Labute approximate surface area is 187 Å². The number of hydrogen-bond acceptors (Lipinski definition) is 4. The van der Waals surface area contributed by atoms with Crippen LogP contribution in [0.2, 0.25) is 5.02 Å². The molecule has 1 unspecified atom stereocenters. The number of halogens is 2. The lowest BCUT2D eigenvalue weighted by molar-refractivity contribution is -0.0765. The van der Waals surface area contributed by atoms with E-state index in [0.717, 1.165) is 51.1 Å². The number of nitrogens with one attached hydrogen (secondary N) is 1. The lowest BCUT2D eigenvalue weighted by Gasteiger charge is -2.39. The van der Waals surface area contributed by atoms with Crippen molar-refractivity contribution in [3.05, 3.63) is 64.4 Å². The minimum Gasteiger partial charge on any atom is -0.496 e. The van der Waals surface area contributed by atoms with Gasteiger partial charge in [-0.05, 0) is 49.9 Å². The van der Waals surface area contributed by atoms with E-state index >= 15 is 0 Å². The topological polar surface area (TPSA) is 50.8 Å². The molecule has 4 rings (SSSR count). The van der Waals surface area contributed by atoms with Crippen LogP contribution in [0.25, 0.3) is 0 Å². The molecule has 0 saturated carbocycles. The van der Waals surface area contributed by atoms with Gasteiger partial charge in [0.25, 0.3) is 5.91 Å². The zero-order valence-electron chi connectivity index (χ0n) is 17.7. The average molecular weight is 447 g/mol. The van der Waals surface area contributed by atoms with Crippen molar-refractivity contribution in [3.63, 3.8) is 0 Å². The molecular weight excluding hydrogens is 419 g/mol. The number of benzene rings is 2. The van der Waals surface area contributed by atoms with Crippen LogP contribution in [0.3, 0.4) is 0 Å². The van der Waals surface area contributed by atoms with Crippen LogP contribution in [0.4, 0.5) is 4.39 Å². The number of para-hydroxylation sites is 1. The minimum absolute atomic E-state index is 0.000590. The second-order valence-corrected chi connectivity index (χ2v) is 8.80. The van der Waals surface area contributed by atoms with Crippen molar-refractivity contribution in [2.24, 2.45) is 0 Å².